The fourth-order valence-corrected chi connectivity index (χ4v) is 11.2. The van der Waals surface area contributed by atoms with E-state index in [-0.39, 0.29) is 11.6 Å². The zero-order valence-corrected chi connectivity index (χ0v) is 35.1. The van der Waals surface area contributed by atoms with Crippen LogP contribution in [0.15, 0.2) is 231 Å². The number of fused-ring (bicyclic) bond motifs is 17. The zero-order chi connectivity index (χ0) is 43.2. The average Bonchev–Trinajstić information content (AvgIpc) is 3.84. The summed E-state index contributed by atoms with van der Waals surface area (Å²) in [4.78, 5) is 4.03. The van der Waals surface area contributed by atoms with E-state index >= 15 is 8.78 Å². The maximum Gasteiger partial charge on any atom is 0.147 e. The highest BCUT2D eigenvalue weighted by atomic mass is 19.1. The molecule has 2 aliphatic rings. The van der Waals surface area contributed by atoms with Gasteiger partial charge in [0.05, 0.1) is 16.8 Å². The number of para-hydroxylation sites is 4. The number of halogens is 2. The van der Waals surface area contributed by atoms with Crippen molar-refractivity contribution in [2.75, 3.05) is 9.80 Å². The molecule has 4 heteroatoms. The van der Waals surface area contributed by atoms with Crippen LogP contribution in [0, 0.1) is 11.6 Å². The largest absolute Gasteiger partial charge is 0.308 e. The van der Waals surface area contributed by atoms with E-state index in [1.807, 2.05) is 94.7 Å². The van der Waals surface area contributed by atoms with Crippen molar-refractivity contribution in [2.24, 2.45) is 0 Å². The number of hydrogen-bond acceptors (Lipinski definition) is 2. The van der Waals surface area contributed by atoms with Crippen LogP contribution >= 0.6 is 0 Å². The minimum atomic E-state index is -0.696. The van der Waals surface area contributed by atoms with Crippen molar-refractivity contribution < 1.29 is 8.78 Å². The molecule has 0 atom stereocenters. The third-order valence-electron chi connectivity index (χ3n) is 13.7. The maximum atomic E-state index is 15.9. The lowest BCUT2D eigenvalue weighted by molar-refractivity contribution is 0.628. The Balaban J connectivity index is 1.13. The SMILES string of the molecule is Fc1ccccc1N(c1ccccc1)c1ccc2c3c(ccc2c1)-c1c(c2ccc(N(c4ccccc4)c4ccccc4F)cc2c2ccccc12)C31c2ccccc2-c2ccccc21. The van der Waals surface area contributed by atoms with Crippen molar-refractivity contribution in [3.63, 3.8) is 0 Å². The van der Waals surface area contributed by atoms with Gasteiger partial charge in [-0.15, -0.1) is 0 Å². The predicted molar refractivity (Wildman–Crippen MR) is 265 cm³/mol. The number of hydrogen-bond donors (Lipinski definition) is 0. The Hall–Kier alpha value is -8.34. The molecule has 0 N–H and O–H groups in total. The second-order valence-corrected chi connectivity index (χ2v) is 17.0. The quantitative estimate of drug-likeness (QED) is 0.154. The smallest absolute Gasteiger partial charge is 0.147 e. The first-order valence-corrected chi connectivity index (χ1v) is 22.1. The van der Waals surface area contributed by atoms with Gasteiger partial charge in [-0.2, -0.15) is 0 Å². The molecule has 0 aromatic heterocycles. The van der Waals surface area contributed by atoms with E-state index in [1.165, 1.54) is 56.6 Å². The summed E-state index contributed by atoms with van der Waals surface area (Å²) in [5, 5.41) is 6.73. The minimum absolute atomic E-state index is 0.290. The molecule has 0 bridgehead atoms. The molecule has 13 rings (SSSR count). The van der Waals surface area contributed by atoms with Crippen LogP contribution in [0.1, 0.15) is 22.3 Å². The van der Waals surface area contributed by atoms with E-state index in [4.69, 9.17) is 0 Å². The Morgan fingerprint density at radius 2 is 0.800 bits per heavy atom. The van der Waals surface area contributed by atoms with Crippen LogP contribution in [-0.4, -0.2) is 0 Å². The van der Waals surface area contributed by atoms with Crippen LogP contribution < -0.4 is 9.80 Å². The first kappa shape index (κ1) is 37.2. The molecule has 1 spiro atoms. The van der Waals surface area contributed by atoms with Gasteiger partial charge in [0.15, 0.2) is 0 Å². The Labute approximate surface area is 375 Å². The molecular formula is C61H38F2N2. The van der Waals surface area contributed by atoms with E-state index < -0.39 is 5.41 Å². The molecule has 0 saturated heterocycles. The Bertz CT molecular complexity index is 3670. The second-order valence-electron chi connectivity index (χ2n) is 17.0. The number of nitrogens with zero attached hydrogens (tertiary/aromatic N) is 2. The zero-order valence-electron chi connectivity index (χ0n) is 35.1. The first-order valence-electron chi connectivity index (χ1n) is 22.1. The topological polar surface area (TPSA) is 6.48 Å². The summed E-state index contributed by atoms with van der Waals surface area (Å²) in [6.45, 7) is 0. The molecule has 306 valence electrons. The lowest BCUT2D eigenvalue weighted by Gasteiger charge is -2.33. The lowest BCUT2D eigenvalue weighted by atomic mass is 9.68. The molecule has 0 radical (unpaired) electrons. The summed E-state index contributed by atoms with van der Waals surface area (Å²) in [5.41, 5.74) is 13.6. The minimum Gasteiger partial charge on any atom is -0.308 e. The van der Waals surface area contributed by atoms with Gasteiger partial charge in [0, 0.05) is 22.7 Å². The van der Waals surface area contributed by atoms with E-state index in [9.17, 15) is 0 Å². The molecule has 0 fully saturated rings. The van der Waals surface area contributed by atoms with Crippen LogP contribution in [-0.2, 0) is 5.41 Å². The fourth-order valence-electron chi connectivity index (χ4n) is 11.2. The highest BCUT2D eigenvalue weighted by molar-refractivity contribution is 6.22. The van der Waals surface area contributed by atoms with Gasteiger partial charge in [0.1, 0.15) is 11.6 Å². The number of anilines is 6. The van der Waals surface area contributed by atoms with Gasteiger partial charge >= 0.3 is 0 Å². The van der Waals surface area contributed by atoms with Gasteiger partial charge < -0.3 is 9.80 Å². The van der Waals surface area contributed by atoms with Gasteiger partial charge in [-0.25, -0.2) is 8.78 Å². The summed E-state index contributed by atoms with van der Waals surface area (Å²) in [7, 11) is 0. The monoisotopic (exact) mass is 836 g/mol. The van der Waals surface area contributed by atoms with Gasteiger partial charge in [-0.05, 0) is 150 Å². The molecule has 2 aliphatic carbocycles. The maximum absolute atomic E-state index is 15.9. The van der Waals surface area contributed by atoms with E-state index in [0.29, 0.717) is 11.4 Å². The molecule has 0 aliphatic heterocycles. The highest BCUT2D eigenvalue weighted by Crippen LogP contribution is 2.67. The van der Waals surface area contributed by atoms with Gasteiger partial charge in [-0.1, -0.05) is 158 Å². The Morgan fingerprint density at radius 3 is 1.40 bits per heavy atom. The summed E-state index contributed by atoms with van der Waals surface area (Å²) in [6, 6.07) is 78.4. The summed E-state index contributed by atoms with van der Waals surface area (Å²) >= 11 is 0. The van der Waals surface area contributed by atoms with Crippen LogP contribution in [0.4, 0.5) is 42.9 Å². The summed E-state index contributed by atoms with van der Waals surface area (Å²) < 4.78 is 31.7. The van der Waals surface area contributed by atoms with E-state index in [0.717, 1.165) is 55.1 Å². The van der Waals surface area contributed by atoms with Gasteiger partial charge in [0.25, 0.3) is 0 Å². The molecular weight excluding hydrogens is 799 g/mol. The molecule has 0 unspecified atom stereocenters. The third kappa shape index (κ3) is 5.31. The number of rotatable bonds is 6. The molecule has 65 heavy (non-hydrogen) atoms. The molecule has 11 aromatic carbocycles. The van der Waals surface area contributed by atoms with Crippen molar-refractivity contribution in [1.82, 2.24) is 0 Å². The number of benzene rings is 11. The Kier molecular flexibility index (Phi) is 8.22. The first-order chi connectivity index (χ1) is 32.1. The molecule has 2 nitrogen and oxygen atoms in total. The van der Waals surface area contributed by atoms with Crippen LogP contribution in [0.25, 0.3) is 54.6 Å². The molecule has 11 aromatic rings. The van der Waals surface area contributed by atoms with Gasteiger partial charge in [0.2, 0.25) is 0 Å². The predicted octanol–water partition coefficient (Wildman–Crippen LogP) is 16.7. The standard InChI is InChI=1S/C61H38F2N2/c62-54-27-13-15-29-56(54)64(40-17-3-1-4-18-40)42-32-35-44-39(37-42)31-34-50-58-48-24-8-7-21-45(48)51-38-43(65(41-19-5-2-6-20-41)57-30-16-14-28-55(57)63)33-36-49(51)60(58)61(59(44)50)52-25-11-9-22-46(52)47-23-10-12-26-53(47)61/h1-38H. The van der Waals surface area contributed by atoms with Crippen molar-refractivity contribution in [3.8, 4) is 22.3 Å². The molecule has 0 amide bonds. The Morgan fingerprint density at radius 1 is 0.308 bits per heavy atom. The normalized spacial score (nSPS) is 12.9. The average molecular weight is 837 g/mol. The van der Waals surface area contributed by atoms with Crippen molar-refractivity contribution in [2.45, 2.75) is 5.41 Å². The summed E-state index contributed by atoms with van der Waals surface area (Å²) in [6.07, 6.45) is 0. The molecule has 0 saturated carbocycles. The van der Waals surface area contributed by atoms with Gasteiger partial charge in [-0.3, -0.25) is 0 Å². The van der Waals surface area contributed by atoms with E-state index in [2.05, 4.69) is 121 Å². The van der Waals surface area contributed by atoms with Crippen molar-refractivity contribution >= 4 is 66.4 Å². The van der Waals surface area contributed by atoms with Crippen LogP contribution in [0.2, 0.25) is 0 Å². The molecule has 0 heterocycles. The third-order valence-corrected chi connectivity index (χ3v) is 13.7. The van der Waals surface area contributed by atoms with Crippen molar-refractivity contribution in [1.29, 1.82) is 0 Å². The fraction of sp³-hybridized carbons (Fsp3) is 0.0164. The summed E-state index contributed by atoms with van der Waals surface area (Å²) in [5.74, 6) is -0.582. The van der Waals surface area contributed by atoms with E-state index in [1.54, 1.807) is 12.1 Å². The second kappa shape index (κ2) is 14.3. The highest BCUT2D eigenvalue weighted by Gasteiger charge is 2.53. The van der Waals surface area contributed by atoms with Crippen molar-refractivity contribution in [3.05, 3.63) is 264 Å². The van der Waals surface area contributed by atoms with Crippen LogP contribution in [0.5, 0.6) is 0 Å². The van der Waals surface area contributed by atoms with Crippen LogP contribution in [0.3, 0.4) is 0 Å². The lowest BCUT2D eigenvalue weighted by Crippen LogP contribution is -2.26.